The molecule has 4 nitrogen and oxygen atoms in total. The molecule has 0 radical (unpaired) electrons. The third kappa shape index (κ3) is 4.54. The van der Waals surface area contributed by atoms with E-state index in [4.69, 9.17) is 23.2 Å². The van der Waals surface area contributed by atoms with Crippen molar-refractivity contribution in [1.29, 1.82) is 0 Å². The zero-order valence-corrected chi connectivity index (χ0v) is 15.6. The Morgan fingerprint density at radius 2 is 1.81 bits per heavy atom. The molecule has 0 atom stereocenters. The summed E-state index contributed by atoms with van der Waals surface area (Å²) in [6, 6.07) is 18.7. The SMILES string of the molecule is CN(Cc1ccccc1)c1ccnc(C(=O)Nc2ccc(Cl)c(Cl)c2)c1. The molecule has 0 aliphatic heterocycles. The van der Waals surface area contributed by atoms with Crippen molar-refractivity contribution in [1.82, 2.24) is 4.98 Å². The lowest BCUT2D eigenvalue weighted by molar-refractivity contribution is 0.102. The van der Waals surface area contributed by atoms with E-state index in [1.165, 1.54) is 5.56 Å². The van der Waals surface area contributed by atoms with Crippen LogP contribution in [0.2, 0.25) is 10.0 Å². The fraction of sp³-hybridized carbons (Fsp3) is 0.100. The van der Waals surface area contributed by atoms with E-state index in [0.717, 1.165) is 12.2 Å². The van der Waals surface area contributed by atoms with Crippen LogP contribution in [0.25, 0.3) is 0 Å². The average Bonchev–Trinajstić information content (AvgIpc) is 2.65. The largest absolute Gasteiger partial charge is 0.370 e. The number of nitrogens with one attached hydrogen (secondary N) is 1. The van der Waals surface area contributed by atoms with Gasteiger partial charge in [-0.1, -0.05) is 53.5 Å². The molecular formula is C20H17Cl2N3O. The van der Waals surface area contributed by atoms with Crippen LogP contribution in [0, 0.1) is 0 Å². The van der Waals surface area contributed by atoms with Gasteiger partial charge >= 0.3 is 0 Å². The topological polar surface area (TPSA) is 45.2 Å². The van der Waals surface area contributed by atoms with Crippen molar-refractivity contribution in [2.24, 2.45) is 0 Å². The third-order valence-electron chi connectivity index (χ3n) is 3.86. The van der Waals surface area contributed by atoms with Crippen LogP contribution in [0.15, 0.2) is 66.9 Å². The molecule has 2 aromatic carbocycles. The fourth-order valence-electron chi connectivity index (χ4n) is 2.50. The quantitative estimate of drug-likeness (QED) is 0.649. The number of halogens is 2. The second-order valence-electron chi connectivity index (χ2n) is 5.82. The van der Waals surface area contributed by atoms with Crippen molar-refractivity contribution in [3.63, 3.8) is 0 Å². The predicted molar refractivity (Wildman–Crippen MR) is 107 cm³/mol. The lowest BCUT2D eigenvalue weighted by Gasteiger charge is -2.19. The van der Waals surface area contributed by atoms with E-state index in [0.29, 0.717) is 21.4 Å². The summed E-state index contributed by atoms with van der Waals surface area (Å²) in [5.74, 6) is -0.307. The van der Waals surface area contributed by atoms with Gasteiger partial charge in [-0.3, -0.25) is 9.78 Å². The summed E-state index contributed by atoms with van der Waals surface area (Å²) < 4.78 is 0. The van der Waals surface area contributed by atoms with E-state index >= 15 is 0 Å². The van der Waals surface area contributed by atoms with Crippen molar-refractivity contribution in [2.45, 2.75) is 6.54 Å². The molecule has 0 fully saturated rings. The number of carbonyl (C=O) groups excluding carboxylic acids is 1. The second kappa shape index (κ2) is 8.21. The molecule has 0 saturated heterocycles. The van der Waals surface area contributed by atoms with Crippen molar-refractivity contribution in [3.05, 3.63) is 88.2 Å². The number of anilines is 2. The van der Waals surface area contributed by atoms with Gasteiger partial charge in [0.1, 0.15) is 5.69 Å². The minimum Gasteiger partial charge on any atom is -0.370 e. The molecule has 26 heavy (non-hydrogen) atoms. The Kier molecular flexibility index (Phi) is 5.76. The number of hydrogen-bond donors (Lipinski definition) is 1. The Morgan fingerprint density at radius 1 is 1.04 bits per heavy atom. The molecule has 0 aliphatic rings. The summed E-state index contributed by atoms with van der Waals surface area (Å²) in [7, 11) is 1.98. The molecule has 0 bridgehead atoms. The van der Waals surface area contributed by atoms with Crippen LogP contribution in [0.1, 0.15) is 16.1 Å². The zero-order chi connectivity index (χ0) is 18.5. The number of aromatic nitrogens is 1. The molecule has 3 rings (SSSR count). The maximum Gasteiger partial charge on any atom is 0.274 e. The minimum absolute atomic E-state index is 0.307. The van der Waals surface area contributed by atoms with Crippen LogP contribution in [-0.4, -0.2) is 17.9 Å². The monoisotopic (exact) mass is 385 g/mol. The van der Waals surface area contributed by atoms with E-state index in [-0.39, 0.29) is 5.91 Å². The molecule has 1 amide bonds. The summed E-state index contributed by atoms with van der Waals surface area (Å²) in [6.45, 7) is 0.735. The molecular weight excluding hydrogens is 369 g/mol. The first kappa shape index (κ1) is 18.2. The fourth-order valence-corrected chi connectivity index (χ4v) is 2.80. The first-order valence-electron chi connectivity index (χ1n) is 8.00. The summed E-state index contributed by atoms with van der Waals surface area (Å²) in [6.07, 6.45) is 1.63. The number of benzene rings is 2. The molecule has 0 unspecified atom stereocenters. The molecule has 0 spiro atoms. The average molecular weight is 386 g/mol. The molecule has 1 heterocycles. The van der Waals surface area contributed by atoms with Crippen molar-refractivity contribution < 1.29 is 4.79 Å². The molecule has 0 saturated carbocycles. The number of hydrogen-bond acceptors (Lipinski definition) is 3. The highest BCUT2D eigenvalue weighted by molar-refractivity contribution is 6.42. The van der Waals surface area contributed by atoms with Crippen molar-refractivity contribution in [2.75, 3.05) is 17.3 Å². The van der Waals surface area contributed by atoms with Crippen LogP contribution in [0.4, 0.5) is 11.4 Å². The molecule has 1 N–H and O–H groups in total. The van der Waals surface area contributed by atoms with E-state index in [1.807, 2.05) is 31.3 Å². The smallest absolute Gasteiger partial charge is 0.274 e. The predicted octanol–water partition coefficient (Wildman–Crippen LogP) is 5.28. The lowest BCUT2D eigenvalue weighted by Crippen LogP contribution is -2.18. The highest BCUT2D eigenvalue weighted by Crippen LogP contribution is 2.25. The van der Waals surface area contributed by atoms with E-state index in [1.54, 1.807) is 30.5 Å². The van der Waals surface area contributed by atoms with Crippen LogP contribution in [0.3, 0.4) is 0 Å². The highest BCUT2D eigenvalue weighted by Gasteiger charge is 2.11. The van der Waals surface area contributed by atoms with Crippen molar-refractivity contribution >= 4 is 40.5 Å². The zero-order valence-electron chi connectivity index (χ0n) is 14.1. The van der Waals surface area contributed by atoms with E-state index in [2.05, 4.69) is 27.3 Å². The van der Waals surface area contributed by atoms with E-state index < -0.39 is 0 Å². The van der Waals surface area contributed by atoms with Gasteiger partial charge in [-0.2, -0.15) is 0 Å². The molecule has 1 aromatic heterocycles. The molecule has 0 aliphatic carbocycles. The first-order chi connectivity index (χ1) is 12.5. The van der Waals surface area contributed by atoms with Gasteiger partial charge in [-0.05, 0) is 35.9 Å². The maximum absolute atomic E-state index is 12.5. The van der Waals surface area contributed by atoms with Gasteiger partial charge in [0.2, 0.25) is 0 Å². The number of nitrogens with zero attached hydrogens (tertiary/aromatic N) is 2. The summed E-state index contributed by atoms with van der Waals surface area (Å²) in [5, 5.41) is 3.60. The van der Waals surface area contributed by atoms with Crippen molar-refractivity contribution in [3.8, 4) is 0 Å². The Balaban J connectivity index is 1.73. The maximum atomic E-state index is 12.5. The van der Waals surface area contributed by atoms with Crippen LogP contribution >= 0.6 is 23.2 Å². The van der Waals surface area contributed by atoms with Gasteiger partial charge in [0.15, 0.2) is 0 Å². The number of amides is 1. The van der Waals surface area contributed by atoms with Crippen LogP contribution in [0.5, 0.6) is 0 Å². The summed E-state index contributed by atoms with van der Waals surface area (Å²) in [5.41, 5.74) is 2.99. The third-order valence-corrected chi connectivity index (χ3v) is 4.60. The molecule has 6 heteroatoms. The van der Waals surface area contributed by atoms with Gasteiger partial charge in [-0.15, -0.1) is 0 Å². The number of pyridine rings is 1. The normalized spacial score (nSPS) is 10.4. The lowest BCUT2D eigenvalue weighted by atomic mass is 10.2. The summed E-state index contributed by atoms with van der Waals surface area (Å²) >= 11 is 11.9. The standard InChI is InChI=1S/C20H17Cl2N3O/c1-25(13-14-5-3-2-4-6-14)16-9-10-23-19(12-16)20(26)24-15-7-8-17(21)18(22)11-15/h2-12H,13H2,1H3,(H,24,26). The summed E-state index contributed by atoms with van der Waals surface area (Å²) in [4.78, 5) is 18.7. The first-order valence-corrected chi connectivity index (χ1v) is 8.76. The minimum atomic E-state index is -0.307. The second-order valence-corrected chi connectivity index (χ2v) is 6.64. The van der Waals surface area contributed by atoms with Crippen LogP contribution < -0.4 is 10.2 Å². The molecule has 132 valence electrons. The van der Waals surface area contributed by atoms with Gasteiger partial charge in [0.25, 0.3) is 5.91 Å². The Hall–Kier alpha value is -2.56. The van der Waals surface area contributed by atoms with Crippen LogP contribution in [-0.2, 0) is 6.54 Å². The van der Waals surface area contributed by atoms with Gasteiger partial charge in [0, 0.05) is 31.2 Å². The number of rotatable bonds is 5. The van der Waals surface area contributed by atoms with E-state index in [9.17, 15) is 4.79 Å². The molecule has 3 aromatic rings. The van der Waals surface area contributed by atoms with Gasteiger partial charge in [0.05, 0.1) is 10.0 Å². The number of carbonyl (C=O) groups is 1. The Morgan fingerprint density at radius 3 is 2.54 bits per heavy atom. The van der Waals surface area contributed by atoms with Gasteiger partial charge < -0.3 is 10.2 Å². The Labute approximate surface area is 162 Å². The Bertz CT molecular complexity index is 916. The van der Waals surface area contributed by atoms with Gasteiger partial charge in [-0.25, -0.2) is 0 Å². The highest BCUT2D eigenvalue weighted by atomic mass is 35.5.